The van der Waals surface area contributed by atoms with E-state index < -0.39 is 6.10 Å². The molecule has 0 amide bonds. The Labute approximate surface area is 421 Å². The highest BCUT2D eigenvalue weighted by Crippen LogP contribution is 2.15. The van der Waals surface area contributed by atoms with E-state index in [4.69, 9.17) is 14.2 Å². The predicted octanol–water partition coefficient (Wildman–Crippen LogP) is 19.4. The number of hydrogen-bond acceptors (Lipinski definition) is 6. The maximum Gasteiger partial charge on any atom is 0.306 e. The number of esters is 3. The first-order valence-corrected chi connectivity index (χ1v) is 28.9. The first kappa shape index (κ1) is 64.8. The summed E-state index contributed by atoms with van der Waals surface area (Å²) < 4.78 is 16.8. The van der Waals surface area contributed by atoms with Crippen molar-refractivity contribution in [3.63, 3.8) is 0 Å². The summed E-state index contributed by atoms with van der Waals surface area (Å²) in [7, 11) is 0. The zero-order valence-electron chi connectivity index (χ0n) is 44.9. The van der Waals surface area contributed by atoms with Crippen LogP contribution in [-0.4, -0.2) is 37.2 Å². The Balaban J connectivity index is 4.44. The van der Waals surface area contributed by atoms with Crippen LogP contribution in [0.3, 0.4) is 0 Å². The van der Waals surface area contributed by atoms with Gasteiger partial charge in [0.05, 0.1) is 0 Å². The number of allylic oxidation sites excluding steroid dienone is 12. The lowest BCUT2D eigenvalue weighted by Crippen LogP contribution is -2.30. The van der Waals surface area contributed by atoms with Gasteiger partial charge in [-0.25, -0.2) is 0 Å². The molecule has 1 atom stereocenters. The highest BCUT2D eigenvalue weighted by Gasteiger charge is 2.19. The van der Waals surface area contributed by atoms with Crippen LogP contribution in [0.2, 0.25) is 0 Å². The molecule has 0 N–H and O–H groups in total. The zero-order chi connectivity index (χ0) is 49.3. The predicted molar refractivity (Wildman–Crippen MR) is 293 cm³/mol. The van der Waals surface area contributed by atoms with Gasteiger partial charge in [0.2, 0.25) is 0 Å². The van der Waals surface area contributed by atoms with E-state index in [9.17, 15) is 14.4 Å². The normalized spacial score (nSPS) is 12.6. The van der Waals surface area contributed by atoms with Gasteiger partial charge in [0, 0.05) is 19.3 Å². The second kappa shape index (κ2) is 56.4. The molecular formula is C62H108O6. The van der Waals surface area contributed by atoms with Crippen molar-refractivity contribution in [3.8, 4) is 0 Å². The molecule has 0 aromatic carbocycles. The van der Waals surface area contributed by atoms with Crippen LogP contribution in [0.25, 0.3) is 0 Å². The Morgan fingerprint density at radius 3 is 0.956 bits per heavy atom. The minimum absolute atomic E-state index is 0.0996. The average Bonchev–Trinajstić information content (AvgIpc) is 3.34. The molecule has 0 radical (unpaired) electrons. The molecule has 0 fully saturated rings. The Morgan fingerprint density at radius 2 is 0.588 bits per heavy atom. The SMILES string of the molecule is CC/C=C\C/C=C\CCCCCCCCCC(=O)OCC(COC(=O)CCCCCCCCC/C=C\CCCCCCCCCC)OC(=O)CCC/C=C\C/C=C\C/C=C\CCCCCCCC. The smallest absolute Gasteiger partial charge is 0.306 e. The van der Waals surface area contributed by atoms with Crippen molar-refractivity contribution >= 4 is 17.9 Å². The fraction of sp³-hybridized carbons (Fsp3) is 0.758. The molecule has 0 saturated carbocycles. The molecule has 0 aliphatic carbocycles. The third-order valence-electron chi connectivity index (χ3n) is 12.4. The molecule has 0 aliphatic heterocycles. The van der Waals surface area contributed by atoms with E-state index >= 15 is 0 Å². The molecule has 6 heteroatoms. The molecule has 0 aromatic rings. The zero-order valence-corrected chi connectivity index (χ0v) is 44.9. The highest BCUT2D eigenvalue weighted by molar-refractivity contribution is 5.71. The van der Waals surface area contributed by atoms with Gasteiger partial charge in [-0.15, -0.1) is 0 Å². The van der Waals surface area contributed by atoms with Crippen LogP contribution in [0, 0.1) is 0 Å². The molecule has 392 valence electrons. The average molecular weight is 950 g/mol. The third-order valence-corrected chi connectivity index (χ3v) is 12.4. The Hall–Kier alpha value is -3.15. The number of carbonyl (C=O) groups is 3. The molecule has 0 aromatic heterocycles. The van der Waals surface area contributed by atoms with Crippen molar-refractivity contribution < 1.29 is 28.6 Å². The summed E-state index contributed by atoms with van der Waals surface area (Å²) in [6, 6.07) is 0. The van der Waals surface area contributed by atoms with E-state index in [2.05, 4.69) is 93.7 Å². The fourth-order valence-electron chi connectivity index (χ4n) is 8.08. The lowest BCUT2D eigenvalue weighted by atomic mass is 10.1. The number of carbonyl (C=O) groups excluding carboxylic acids is 3. The van der Waals surface area contributed by atoms with E-state index in [0.717, 1.165) is 77.0 Å². The molecule has 0 aliphatic rings. The topological polar surface area (TPSA) is 78.9 Å². The number of hydrogen-bond donors (Lipinski definition) is 0. The summed E-state index contributed by atoms with van der Waals surface area (Å²) in [6.45, 7) is 6.49. The van der Waals surface area contributed by atoms with E-state index in [1.807, 2.05) is 0 Å². The summed E-state index contributed by atoms with van der Waals surface area (Å²) in [4.78, 5) is 38.1. The van der Waals surface area contributed by atoms with Crippen molar-refractivity contribution in [1.82, 2.24) is 0 Å². The van der Waals surface area contributed by atoms with Gasteiger partial charge in [0.1, 0.15) is 13.2 Å². The van der Waals surface area contributed by atoms with Crippen LogP contribution in [0.5, 0.6) is 0 Å². The maximum absolute atomic E-state index is 12.8. The van der Waals surface area contributed by atoms with Gasteiger partial charge < -0.3 is 14.2 Å². The van der Waals surface area contributed by atoms with Crippen molar-refractivity contribution in [2.45, 2.75) is 290 Å². The number of ether oxygens (including phenoxy) is 3. The van der Waals surface area contributed by atoms with E-state index in [0.29, 0.717) is 19.3 Å². The molecule has 0 rings (SSSR count). The molecular weight excluding hydrogens is 841 g/mol. The van der Waals surface area contributed by atoms with Crippen LogP contribution in [-0.2, 0) is 28.6 Å². The Kier molecular flexibility index (Phi) is 53.8. The van der Waals surface area contributed by atoms with E-state index in [-0.39, 0.29) is 37.5 Å². The minimum Gasteiger partial charge on any atom is -0.462 e. The molecule has 0 bridgehead atoms. The molecule has 0 heterocycles. The largest absolute Gasteiger partial charge is 0.462 e. The molecule has 0 saturated heterocycles. The van der Waals surface area contributed by atoms with Crippen molar-refractivity contribution in [3.05, 3.63) is 72.9 Å². The van der Waals surface area contributed by atoms with Gasteiger partial charge in [-0.2, -0.15) is 0 Å². The maximum atomic E-state index is 12.8. The quantitative estimate of drug-likeness (QED) is 0.0262. The van der Waals surface area contributed by atoms with Crippen LogP contribution >= 0.6 is 0 Å². The summed E-state index contributed by atoms with van der Waals surface area (Å²) in [5.74, 6) is -0.958. The van der Waals surface area contributed by atoms with Crippen molar-refractivity contribution in [2.75, 3.05) is 13.2 Å². The lowest BCUT2D eigenvalue weighted by Gasteiger charge is -2.18. The molecule has 1 unspecified atom stereocenters. The first-order valence-electron chi connectivity index (χ1n) is 28.9. The second-order valence-electron chi connectivity index (χ2n) is 19.2. The van der Waals surface area contributed by atoms with Gasteiger partial charge >= 0.3 is 17.9 Å². The van der Waals surface area contributed by atoms with Crippen molar-refractivity contribution in [2.24, 2.45) is 0 Å². The van der Waals surface area contributed by atoms with E-state index in [1.54, 1.807) is 0 Å². The van der Waals surface area contributed by atoms with Gasteiger partial charge in [-0.05, 0) is 103 Å². The Bertz CT molecular complexity index is 1270. The molecule has 0 spiro atoms. The van der Waals surface area contributed by atoms with E-state index in [1.165, 1.54) is 161 Å². The fourth-order valence-corrected chi connectivity index (χ4v) is 8.08. The summed E-state index contributed by atoms with van der Waals surface area (Å²) >= 11 is 0. The third kappa shape index (κ3) is 53.8. The number of unbranched alkanes of at least 4 members (excludes halogenated alkanes) is 29. The summed E-state index contributed by atoms with van der Waals surface area (Å²) in [6.07, 6.45) is 71.9. The van der Waals surface area contributed by atoms with Crippen LogP contribution in [0.4, 0.5) is 0 Å². The Morgan fingerprint density at radius 1 is 0.309 bits per heavy atom. The van der Waals surface area contributed by atoms with Crippen LogP contribution < -0.4 is 0 Å². The van der Waals surface area contributed by atoms with Crippen LogP contribution in [0.15, 0.2) is 72.9 Å². The highest BCUT2D eigenvalue weighted by atomic mass is 16.6. The van der Waals surface area contributed by atoms with Gasteiger partial charge in [-0.1, -0.05) is 235 Å². The van der Waals surface area contributed by atoms with Gasteiger partial charge in [-0.3, -0.25) is 14.4 Å². The monoisotopic (exact) mass is 949 g/mol. The standard InChI is InChI=1S/C62H108O6/c1-4-7-10-13-16-19-22-25-28-30-31-33-34-37-40-43-46-49-52-55-61(64)67-58-59(57-66-60(63)54-51-48-45-42-39-36-27-24-21-18-15-12-9-6-3)68-62(65)56-53-50-47-44-41-38-35-32-29-26-23-20-17-14-11-8-5-2/h9,12,18,21,26,29-31,35,38,44,47,59H,4-8,10-11,13-17,19-20,22-25,27-28,32-34,36-37,39-43,45-46,48-58H2,1-3H3/b12-9-,21-18-,29-26-,31-30-,38-35-,47-44-. The van der Waals surface area contributed by atoms with Crippen LogP contribution in [0.1, 0.15) is 284 Å². The van der Waals surface area contributed by atoms with Gasteiger partial charge in [0.15, 0.2) is 6.10 Å². The lowest BCUT2D eigenvalue weighted by molar-refractivity contribution is -0.167. The first-order chi connectivity index (χ1) is 33.5. The second-order valence-corrected chi connectivity index (χ2v) is 19.2. The minimum atomic E-state index is -0.807. The number of rotatable bonds is 52. The summed E-state index contributed by atoms with van der Waals surface area (Å²) in [5.41, 5.74) is 0. The van der Waals surface area contributed by atoms with Gasteiger partial charge in [0.25, 0.3) is 0 Å². The summed E-state index contributed by atoms with van der Waals surface area (Å²) in [5, 5.41) is 0. The molecule has 6 nitrogen and oxygen atoms in total. The van der Waals surface area contributed by atoms with Crippen molar-refractivity contribution in [1.29, 1.82) is 0 Å². The molecule has 68 heavy (non-hydrogen) atoms.